The maximum Gasteiger partial charge on any atom is 0.249 e. The standard InChI is InChI=1S/C27H28FN5O2/c1-18-10-9-11-19(16-18)33(24(34)17-32-23-15-8-7-14-22(23)30-31-32)25(26(35)29-27(2,3)4)20-12-5-6-13-21(20)28/h5-16,25H,17H2,1-4H3,(H,29,35). The van der Waals surface area contributed by atoms with E-state index in [1.807, 2.05) is 52.0 Å². The molecule has 180 valence electrons. The second kappa shape index (κ2) is 9.66. The number of carbonyl (C=O) groups excluding carboxylic acids is 2. The molecule has 0 spiro atoms. The van der Waals surface area contributed by atoms with Gasteiger partial charge in [0.05, 0.1) is 5.52 Å². The van der Waals surface area contributed by atoms with Gasteiger partial charge in [0.1, 0.15) is 23.9 Å². The highest BCUT2D eigenvalue weighted by molar-refractivity contribution is 6.01. The number of carbonyl (C=O) groups is 2. The number of para-hydroxylation sites is 1. The zero-order valence-corrected chi connectivity index (χ0v) is 20.2. The van der Waals surface area contributed by atoms with Gasteiger partial charge in [0, 0.05) is 16.8 Å². The Hall–Kier alpha value is -4.07. The molecule has 0 bridgehead atoms. The molecular weight excluding hydrogens is 445 g/mol. The second-order valence-corrected chi connectivity index (χ2v) is 9.50. The smallest absolute Gasteiger partial charge is 0.249 e. The van der Waals surface area contributed by atoms with E-state index in [2.05, 4.69) is 15.6 Å². The topological polar surface area (TPSA) is 80.1 Å². The summed E-state index contributed by atoms with van der Waals surface area (Å²) in [6, 6.07) is 19.3. The third kappa shape index (κ3) is 5.37. The third-order valence-electron chi connectivity index (χ3n) is 5.46. The summed E-state index contributed by atoms with van der Waals surface area (Å²) in [5, 5.41) is 11.2. The number of nitrogens with one attached hydrogen (secondary N) is 1. The van der Waals surface area contributed by atoms with E-state index in [-0.39, 0.29) is 12.1 Å². The molecule has 0 radical (unpaired) electrons. The summed E-state index contributed by atoms with van der Waals surface area (Å²) in [6.45, 7) is 7.23. The molecule has 1 aromatic heterocycles. The summed E-state index contributed by atoms with van der Waals surface area (Å²) < 4.78 is 16.6. The van der Waals surface area contributed by atoms with Crippen LogP contribution < -0.4 is 10.2 Å². The van der Waals surface area contributed by atoms with Crippen molar-refractivity contribution in [2.45, 2.75) is 45.8 Å². The van der Waals surface area contributed by atoms with Gasteiger partial charge in [-0.05, 0) is 63.6 Å². The Balaban J connectivity index is 1.84. The lowest BCUT2D eigenvalue weighted by Gasteiger charge is -2.34. The zero-order valence-electron chi connectivity index (χ0n) is 20.2. The van der Waals surface area contributed by atoms with Crippen LogP contribution >= 0.6 is 0 Å². The normalized spacial score (nSPS) is 12.4. The van der Waals surface area contributed by atoms with Crippen LogP contribution in [0.25, 0.3) is 11.0 Å². The Morgan fingerprint density at radius 2 is 1.74 bits per heavy atom. The maximum absolute atomic E-state index is 15.1. The minimum Gasteiger partial charge on any atom is -0.349 e. The average Bonchev–Trinajstić information content (AvgIpc) is 3.19. The molecule has 0 fully saturated rings. The Labute approximate surface area is 203 Å². The van der Waals surface area contributed by atoms with Gasteiger partial charge < -0.3 is 5.32 Å². The SMILES string of the molecule is Cc1cccc(N(C(=O)Cn2nnc3ccccc32)C(C(=O)NC(C)(C)C)c2ccccc2F)c1. The molecule has 1 N–H and O–H groups in total. The van der Waals surface area contributed by atoms with Crippen LogP contribution in [0.2, 0.25) is 0 Å². The zero-order chi connectivity index (χ0) is 25.2. The Morgan fingerprint density at radius 1 is 1.03 bits per heavy atom. The molecule has 2 amide bonds. The van der Waals surface area contributed by atoms with E-state index < -0.39 is 29.2 Å². The maximum atomic E-state index is 15.1. The van der Waals surface area contributed by atoms with Crippen molar-refractivity contribution in [2.75, 3.05) is 4.90 Å². The quantitative estimate of drug-likeness (QED) is 0.445. The van der Waals surface area contributed by atoms with Crippen molar-refractivity contribution in [3.8, 4) is 0 Å². The van der Waals surface area contributed by atoms with E-state index >= 15 is 4.39 Å². The van der Waals surface area contributed by atoms with Gasteiger partial charge in [0.15, 0.2) is 0 Å². The van der Waals surface area contributed by atoms with E-state index in [1.54, 1.807) is 36.4 Å². The fourth-order valence-electron chi connectivity index (χ4n) is 3.99. The van der Waals surface area contributed by atoms with Crippen molar-refractivity contribution in [3.05, 3.63) is 89.7 Å². The largest absolute Gasteiger partial charge is 0.349 e. The number of hydrogen-bond acceptors (Lipinski definition) is 4. The number of anilines is 1. The molecule has 0 aliphatic rings. The lowest BCUT2D eigenvalue weighted by atomic mass is 10.00. The van der Waals surface area contributed by atoms with Crippen molar-refractivity contribution < 1.29 is 14.0 Å². The summed E-state index contributed by atoms with van der Waals surface area (Å²) in [4.78, 5) is 28.9. The van der Waals surface area contributed by atoms with E-state index in [0.717, 1.165) is 5.56 Å². The minimum atomic E-state index is -1.24. The number of hydrogen-bond donors (Lipinski definition) is 1. The fourth-order valence-corrected chi connectivity index (χ4v) is 3.99. The van der Waals surface area contributed by atoms with Crippen molar-refractivity contribution in [1.82, 2.24) is 20.3 Å². The molecule has 0 saturated heterocycles. The van der Waals surface area contributed by atoms with Crippen LogP contribution in [0.3, 0.4) is 0 Å². The molecule has 1 atom stereocenters. The average molecular weight is 474 g/mol. The van der Waals surface area contributed by atoms with Gasteiger partial charge >= 0.3 is 0 Å². The summed E-state index contributed by atoms with van der Waals surface area (Å²) in [6.07, 6.45) is 0. The number of benzene rings is 3. The monoisotopic (exact) mass is 473 g/mol. The number of fused-ring (bicyclic) bond motifs is 1. The first-order chi connectivity index (χ1) is 16.6. The van der Waals surface area contributed by atoms with Gasteiger partial charge in [-0.15, -0.1) is 5.10 Å². The summed E-state index contributed by atoms with van der Waals surface area (Å²) in [5.74, 6) is -1.48. The molecule has 4 rings (SSSR count). The minimum absolute atomic E-state index is 0.104. The van der Waals surface area contributed by atoms with Gasteiger partial charge in [0.25, 0.3) is 0 Å². The highest BCUT2D eigenvalue weighted by Gasteiger charge is 2.36. The number of amides is 2. The van der Waals surface area contributed by atoms with Crippen molar-refractivity contribution in [3.63, 3.8) is 0 Å². The Kier molecular flexibility index (Phi) is 6.64. The molecule has 1 heterocycles. The Morgan fingerprint density at radius 3 is 2.46 bits per heavy atom. The van der Waals surface area contributed by atoms with Gasteiger partial charge in [0.2, 0.25) is 11.8 Å². The molecule has 35 heavy (non-hydrogen) atoms. The molecule has 0 aliphatic carbocycles. The first-order valence-corrected chi connectivity index (χ1v) is 11.4. The first-order valence-electron chi connectivity index (χ1n) is 11.4. The molecule has 0 saturated carbocycles. The molecule has 0 aliphatic heterocycles. The molecule has 1 unspecified atom stereocenters. The number of aryl methyl sites for hydroxylation is 1. The van der Waals surface area contributed by atoms with Gasteiger partial charge in [-0.25, -0.2) is 9.07 Å². The highest BCUT2D eigenvalue weighted by Crippen LogP contribution is 2.31. The van der Waals surface area contributed by atoms with E-state index in [9.17, 15) is 9.59 Å². The summed E-state index contributed by atoms with van der Waals surface area (Å²) in [5.41, 5.74) is 2.23. The fraction of sp³-hybridized carbons (Fsp3) is 0.259. The van der Waals surface area contributed by atoms with Crippen molar-refractivity contribution in [1.29, 1.82) is 0 Å². The molecule has 7 nitrogen and oxygen atoms in total. The third-order valence-corrected chi connectivity index (χ3v) is 5.46. The van der Waals surface area contributed by atoms with Gasteiger partial charge in [-0.2, -0.15) is 0 Å². The van der Waals surface area contributed by atoms with E-state index in [0.29, 0.717) is 16.7 Å². The molecule has 3 aromatic carbocycles. The number of halogens is 1. The molecule has 4 aromatic rings. The van der Waals surface area contributed by atoms with Gasteiger partial charge in [-0.3, -0.25) is 14.5 Å². The van der Waals surface area contributed by atoms with E-state index in [1.165, 1.54) is 21.7 Å². The molecular formula is C27H28FN5O2. The van der Waals surface area contributed by atoms with Crippen LogP contribution in [0.15, 0.2) is 72.8 Å². The first kappa shape index (κ1) is 24.1. The van der Waals surface area contributed by atoms with Crippen LogP contribution in [0.5, 0.6) is 0 Å². The number of nitrogens with zero attached hydrogens (tertiary/aromatic N) is 4. The lowest BCUT2D eigenvalue weighted by molar-refractivity contribution is -0.128. The van der Waals surface area contributed by atoms with Crippen molar-refractivity contribution in [2.24, 2.45) is 0 Å². The predicted molar refractivity (Wildman–Crippen MR) is 133 cm³/mol. The summed E-state index contributed by atoms with van der Waals surface area (Å²) in [7, 11) is 0. The predicted octanol–water partition coefficient (Wildman–Crippen LogP) is 4.57. The summed E-state index contributed by atoms with van der Waals surface area (Å²) >= 11 is 0. The second-order valence-electron chi connectivity index (χ2n) is 9.50. The highest BCUT2D eigenvalue weighted by atomic mass is 19.1. The van der Waals surface area contributed by atoms with Gasteiger partial charge in [-0.1, -0.05) is 47.7 Å². The lowest BCUT2D eigenvalue weighted by Crippen LogP contribution is -2.50. The number of rotatable bonds is 6. The molecule has 8 heteroatoms. The van der Waals surface area contributed by atoms with Crippen LogP contribution in [0.4, 0.5) is 10.1 Å². The van der Waals surface area contributed by atoms with Crippen molar-refractivity contribution >= 4 is 28.5 Å². The van der Waals surface area contributed by atoms with E-state index in [4.69, 9.17) is 0 Å². The van der Waals surface area contributed by atoms with Crippen LogP contribution in [-0.2, 0) is 16.1 Å². The van der Waals surface area contributed by atoms with Crippen LogP contribution in [0, 0.1) is 12.7 Å². The Bertz CT molecular complexity index is 1380. The van der Waals surface area contributed by atoms with Crippen LogP contribution in [-0.4, -0.2) is 32.3 Å². The van der Waals surface area contributed by atoms with Crippen LogP contribution in [0.1, 0.15) is 37.9 Å². The number of aromatic nitrogens is 3.